The van der Waals surface area contributed by atoms with Crippen molar-refractivity contribution in [2.24, 2.45) is 11.7 Å². The van der Waals surface area contributed by atoms with E-state index in [1.54, 1.807) is 0 Å². The Morgan fingerprint density at radius 3 is 2.48 bits per heavy atom. The molecule has 2 atom stereocenters. The van der Waals surface area contributed by atoms with Crippen molar-refractivity contribution < 1.29 is 19.1 Å². The van der Waals surface area contributed by atoms with Crippen LogP contribution in [0.1, 0.15) is 38.2 Å². The van der Waals surface area contributed by atoms with E-state index in [1.165, 1.54) is 0 Å². The summed E-state index contributed by atoms with van der Waals surface area (Å²) >= 11 is 0. The van der Waals surface area contributed by atoms with Crippen molar-refractivity contribution in [2.45, 2.75) is 45.1 Å². The van der Waals surface area contributed by atoms with Crippen molar-refractivity contribution >= 4 is 17.6 Å². The van der Waals surface area contributed by atoms with Crippen LogP contribution in [0.15, 0.2) is 30.3 Å². The molecule has 1 aromatic rings. The summed E-state index contributed by atoms with van der Waals surface area (Å²) in [5.74, 6) is -1.34. The molecule has 1 saturated heterocycles. The van der Waals surface area contributed by atoms with E-state index in [4.69, 9.17) is 10.5 Å². The molecule has 0 saturated carbocycles. The molecule has 0 radical (unpaired) electrons. The fourth-order valence-electron chi connectivity index (χ4n) is 3.49. The highest BCUT2D eigenvalue weighted by molar-refractivity contribution is 5.91. The van der Waals surface area contributed by atoms with Crippen LogP contribution in [-0.2, 0) is 25.5 Å². The smallest absolute Gasteiger partial charge is 0.239 e. The van der Waals surface area contributed by atoms with E-state index < -0.39 is 17.9 Å². The number of ether oxygens (including phenoxy) is 1. The predicted octanol–water partition coefficient (Wildman–Crippen LogP) is 1.30. The van der Waals surface area contributed by atoms with Crippen molar-refractivity contribution in [3.8, 4) is 0 Å². The number of carbonyl (C=O) groups excluding carboxylic acids is 3. The number of ketones is 1. The summed E-state index contributed by atoms with van der Waals surface area (Å²) in [7, 11) is 0. The molecule has 160 valence electrons. The third-order valence-electron chi connectivity index (χ3n) is 5.18. The molecule has 1 aliphatic rings. The zero-order valence-corrected chi connectivity index (χ0v) is 17.3. The fraction of sp³-hybridized carbons (Fsp3) is 0.591. The van der Waals surface area contributed by atoms with Gasteiger partial charge in [0.25, 0.3) is 0 Å². The van der Waals surface area contributed by atoms with Crippen LogP contribution in [0, 0.1) is 5.92 Å². The molecule has 7 heteroatoms. The summed E-state index contributed by atoms with van der Waals surface area (Å²) in [6.45, 7) is 5.03. The van der Waals surface area contributed by atoms with Gasteiger partial charge in [0.2, 0.25) is 11.8 Å². The van der Waals surface area contributed by atoms with Gasteiger partial charge in [0.05, 0.1) is 19.8 Å². The lowest BCUT2D eigenvalue weighted by molar-refractivity contribution is -0.132. The number of Topliss-reactive ketones (excluding diaryl/α,β-unsaturated/α-hetero) is 1. The summed E-state index contributed by atoms with van der Waals surface area (Å²) in [6.07, 6.45) is 2.80. The maximum Gasteiger partial charge on any atom is 0.239 e. The lowest BCUT2D eigenvalue weighted by Crippen LogP contribution is -2.47. The van der Waals surface area contributed by atoms with E-state index in [9.17, 15) is 14.4 Å². The zero-order chi connectivity index (χ0) is 21.1. The van der Waals surface area contributed by atoms with Gasteiger partial charge in [0.15, 0.2) is 0 Å². The van der Waals surface area contributed by atoms with Gasteiger partial charge in [0, 0.05) is 25.4 Å². The molecule has 0 aromatic heterocycles. The van der Waals surface area contributed by atoms with Crippen molar-refractivity contribution in [3.05, 3.63) is 35.9 Å². The Balaban J connectivity index is 2.03. The molecule has 2 amide bonds. The fourth-order valence-corrected chi connectivity index (χ4v) is 3.49. The van der Waals surface area contributed by atoms with E-state index in [0.29, 0.717) is 32.6 Å². The summed E-state index contributed by atoms with van der Waals surface area (Å²) in [6, 6.07) is 8.91. The van der Waals surface area contributed by atoms with E-state index in [-0.39, 0.29) is 18.1 Å². The van der Waals surface area contributed by atoms with Gasteiger partial charge in [-0.2, -0.15) is 0 Å². The number of carbonyl (C=O) groups is 3. The molecular weight excluding hydrogens is 370 g/mol. The molecule has 0 bridgehead atoms. The van der Waals surface area contributed by atoms with Crippen molar-refractivity contribution in [3.63, 3.8) is 0 Å². The third kappa shape index (κ3) is 8.33. The topological polar surface area (TPSA) is 102 Å². The van der Waals surface area contributed by atoms with Gasteiger partial charge in [0.1, 0.15) is 11.8 Å². The van der Waals surface area contributed by atoms with Crippen LogP contribution in [0.25, 0.3) is 0 Å². The predicted molar refractivity (Wildman–Crippen MR) is 111 cm³/mol. The van der Waals surface area contributed by atoms with E-state index in [2.05, 4.69) is 10.2 Å². The highest BCUT2D eigenvalue weighted by Crippen LogP contribution is 2.15. The number of unbranched alkanes of at least 4 members (excludes halogenated alkanes) is 1. The molecule has 0 aliphatic carbocycles. The van der Waals surface area contributed by atoms with E-state index in [1.807, 2.05) is 37.3 Å². The first-order valence-corrected chi connectivity index (χ1v) is 10.4. The molecule has 1 fully saturated rings. The quantitative estimate of drug-likeness (QED) is 0.548. The standard InChI is InChI=1S/C22H33N3O4/c1-2-3-9-20(21(23)27)24-22(28)18(14-17-7-5-4-6-8-17)15-19(26)16-25-10-12-29-13-11-25/h4-8,18,20H,2-3,9-16H2,1H3,(H2,23,27)(H,24,28). The number of primary amides is 1. The average molecular weight is 404 g/mol. The second kappa shape index (κ2) is 12.3. The highest BCUT2D eigenvalue weighted by atomic mass is 16.5. The highest BCUT2D eigenvalue weighted by Gasteiger charge is 2.27. The van der Waals surface area contributed by atoms with Crippen molar-refractivity contribution in [2.75, 3.05) is 32.8 Å². The number of nitrogens with one attached hydrogen (secondary N) is 1. The summed E-state index contributed by atoms with van der Waals surface area (Å²) in [5.41, 5.74) is 6.45. The van der Waals surface area contributed by atoms with E-state index in [0.717, 1.165) is 31.5 Å². The first-order valence-electron chi connectivity index (χ1n) is 10.4. The lowest BCUT2D eigenvalue weighted by Gasteiger charge is -2.26. The zero-order valence-electron chi connectivity index (χ0n) is 17.3. The first-order chi connectivity index (χ1) is 14.0. The second-order valence-corrected chi connectivity index (χ2v) is 7.62. The first kappa shape index (κ1) is 23.0. The molecule has 1 aromatic carbocycles. The molecule has 7 nitrogen and oxygen atoms in total. The minimum atomic E-state index is -0.699. The number of nitrogens with two attached hydrogens (primary N) is 1. The molecule has 0 spiro atoms. The number of benzene rings is 1. The number of nitrogens with zero attached hydrogens (tertiary/aromatic N) is 1. The Labute approximate surface area is 173 Å². The Hall–Kier alpha value is -2.25. The molecule has 2 unspecified atom stereocenters. The molecular formula is C22H33N3O4. The van der Waals surface area contributed by atoms with Gasteiger partial charge >= 0.3 is 0 Å². The Bertz CT molecular complexity index is 659. The second-order valence-electron chi connectivity index (χ2n) is 7.62. The van der Waals surface area contributed by atoms with Gasteiger partial charge in [-0.15, -0.1) is 0 Å². The van der Waals surface area contributed by atoms with E-state index >= 15 is 0 Å². The van der Waals surface area contributed by atoms with Gasteiger partial charge in [-0.05, 0) is 18.4 Å². The summed E-state index contributed by atoms with van der Waals surface area (Å²) < 4.78 is 5.32. The maximum absolute atomic E-state index is 12.9. The normalized spacial score (nSPS) is 16.7. The minimum Gasteiger partial charge on any atom is -0.379 e. The van der Waals surface area contributed by atoms with Crippen LogP contribution in [0.4, 0.5) is 0 Å². The molecule has 1 heterocycles. The van der Waals surface area contributed by atoms with Crippen molar-refractivity contribution in [1.82, 2.24) is 10.2 Å². The third-order valence-corrected chi connectivity index (χ3v) is 5.18. The van der Waals surface area contributed by atoms with Gasteiger partial charge in [-0.25, -0.2) is 0 Å². The van der Waals surface area contributed by atoms with Gasteiger partial charge in [-0.1, -0.05) is 50.1 Å². The molecule has 1 aliphatic heterocycles. The largest absolute Gasteiger partial charge is 0.379 e. The number of hydrogen-bond acceptors (Lipinski definition) is 5. The van der Waals surface area contributed by atoms with Crippen LogP contribution in [0.3, 0.4) is 0 Å². The van der Waals surface area contributed by atoms with Gasteiger partial charge < -0.3 is 15.8 Å². The average Bonchev–Trinajstić information content (AvgIpc) is 2.71. The van der Waals surface area contributed by atoms with Crippen LogP contribution in [0.2, 0.25) is 0 Å². The van der Waals surface area contributed by atoms with Crippen LogP contribution >= 0.6 is 0 Å². The summed E-state index contributed by atoms with van der Waals surface area (Å²) in [4.78, 5) is 39.4. The SMILES string of the molecule is CCCCC(NC(=O)C(CC(=O)CN1CCOCC1)Cc1ccccc1)C(N)=O. The van der Waals surface area contributed by atoms with Gasteiger partial charge in [-0.3, -0.25) is 19.3 Å². The Morgan fingerprint density at radius 1 is 1.17 bits per heavy atom. The number of amides is 2. The van der Waals surface area contributed by atoms with Crippen LogP contribution in [-0.4, -0.2) is 61.4 Å². The number of hydrogen-bond donors (Lipinski definition) is 2. The molecule has 3 N–H and O–H groups in total. The number of rotatable bonds is 12. The minimum absolute atomic E-state index is 0.0205. The van der Waals surface area contributed by atoms with Crippen LogP contribution < -0.4 is 11.1 Å². The number of morpholine rings is 1. The Kier molecular flexibility index (Phi) is 9.80. The lowest BCUT2D eigenvalue weighted by atomic mass is 9.92. The van der Waals surface area contributed by atoms with Crippen LogP contribution in [0.5, 0.6) is 0 Å². The summed E-state index contributed by atoms with van der Waals surface area (Å²) in [5, 5.41) is 2.78. The van der Waals surface area contributed by atoms with Crippen molar-refractivity contribution in [1.29, 1.82) is 0 Å². The monoisotopic (exact) mass is 403 g/mol. The molecule has 2 rings (SSSR count). The Morgan fingerprint density at radius 2 is 1.86 bits per heavy atom. The maximum atomic E-state index is 12.9. The molecule has 29 heavy (non-hydrogen) atoms.